The van der Waals surface area contributed by atoms with Crippen LogP contribution in [0.2, 0.25) is 0 Å². The van der Waals surface area contributed by atoms with Crippen LogP contribution < -0.4 is 5.32 Å². The highest BCUT2D eigenvalue weighted by atomic mass is 19.4. The molecule has 0 aromatic heterocycles. The molecular formula is C15H16F3NO3. The summed E-state index contributed by atoms with van der Waals surface area (Å²) < 4.78 is 37.3. The second-order valence-corrected chi connectivity index (χ2v) is 4.68. The predicted molar refractivity (Wildman–Crippen MR) is 74.1 cm³/mol. The number of hydrogen-bond acceptors (Lipinski definition) is 2. The highest BCUT2D eigenvalue weighted by Crippen LogP contribution is 2.29. The van der Waals surface area contributed by atoms with E-state index in [1.54, 1.807) is 0 Å². The van der Waals surface area contributed by atoms with Crippen molar-refractivity contribution < 1.29 is 27.9 Å². The molecule has 0 bridgehead atoms. The SMILES string of the molecule is C=CCCC(=O)NC(Cc1ccc(C(F)(F)F)cc1)C(=O)O. The number of benzene rings is 1. The maximum Gasteiger partial charge on any atom is 0.416 e. The molecule has 0 radical (unpaired) electrons. The third kappa shape index (κ3) is 5.59. The number of alkyl halides is 3. The van der Waals surface area contributed by atoms with E-state index in [2.05, 4.69) is 11.9 Å². The number of allylic oxidation sites excluding steroid dienone is 1. The van der Waals surface area contributed by atoms with Crippen molar-refractivity contribution in [1.82, 2.24) is 5.32 Å². The number of nitrogens with one attached hydrogen (secondary N) is 1. The van der Waals surface area contributed by atoms with Crippen molar-refractivity contribution in [3.8, 4) is 0 Å². The van der Waals surface area contributed by atoms with Crippen LogP contribution in [0.1, 0.15) is 24.0 Å². The number of hydrogen-bond donors (Lipinski definition) is 2. The highest BCUT2D eigenvalue weighted by molar-refractivity contribution is 5.83. The lowest BCUT2D eigenvalue weighted by Gasteiger charge is -2.15. The van der Waals surface area contributed by atoms with Gasteiger partial charge in [0.2, 0.25) is 5.91 Å². The molecule has 0 saturated heterocycles. The number of carboxylic acid groups (broad SMARTS) is 1. The van der Waals surface area contributed by atoms with Gasteiger partial charge in [-0.25, -0.2) is 4.79 Å². The normalized spacial score (nSPS) is 12.5. The second-order valence-electron chi connectivity index (χ2n) is 4.68. The summed E-state index contributed by atoms with van der Waals surface area (Å²) in [6, 6.07) is 2.99. The van der Waals surface area contributed by atoms with E-state index in [-0.39, 0.29) is 12.8 Å². The fourth-order valence-corrected chi connectivity index (χ4v) is 1.77. The Balaban J connectivity index is 2.73. The van der Waals surface area contributed by atoms with E-state index < -0.39 is 29.7 Å². The number of rotatable bonds is 7. The Morgan fingerprint density at radius 2 is 1.86 bits per heavy atom. The maximum atomic E-state index is 12.4. The van der Waals surface area contributed by atoms with E-state index in [9.17, 15) is 22.8 Å². The number of halogens is 3. The molecule has 1 amide bonds. The van der Waals surface area contributed by atoms with Gasteiger partial charge in [-0.15, -0.1) is 6.58 Å². The molecule has 2 N–H and O–H groups in total. The van der Waals surface area contributed by atoms with Gasteiger partial charge in [0.25, 0.3) is 0 Å². The maximum absolute atomic E-state index is 12.4. The molecule has 0 fully saturated rings. The number of amides is 1. The Labute approximate surface area is 125 Å². The lowest BCUT2D eigenvalue weighted by Crippen LogP contribution is -2.42. The van der Waals surface area contributed by atoms with Gasteiger partial charge in [-0.05, 0) is 24.1 Å². The first-order valence-corrected chi connectivity index (χ1v) is 6.53. The number of carbonyl (C=O) groups excluding carboxylic acids is 1. The van der Waals surface area contributed by atoms with E-state index in [4.69, 9.17) is 5.11 Å². The molecule has 0 aliphatic heterocycles. The number of carboxylic acids is 1. The van der Waals surface area contributed by atoms with Crippen molar-refractivity contribution in [2.75, 3.05) is 0 Å². The fraction of sp³-hybridized carbons (Fsp3) is 0.333. The van der Waals surface area contributed by atoms with E-state index in [1.165, 1.54) is 18.2 Å². The molecule has 0 aliphatic rings. The van der Waals surface area contributed by atoms with Crippen LogP contribution in [0.5, 0.6) is 0 Å². The summed E-state index contributed by atoms with van der Waals surface area (Å²) in [6.45, 7) is 3.45. The molecular weight excluding hydrogens is 299 g/mol. The van der Waals surface area contributed by atoms with Gasteiger partial charge in [0.15, 0.2) is 0 Å². The van der Waals surface area contributed by atoms with Crippen LogP contribution in [0.15, 0.2) is 36.9 Å². The van der Waals surface area contributed by atoms with Crippen LogP contribution >= 0.6 is 0 Å². The monoisotopic (exact) mass is 315 g/mol. The standard InChI is InChI=1S/C15H16F3NO3/c1-2-3-4-13(20)19-12(14(21)22)9-10-5-7-11(8-6-10)15(16,17)18/h2,5-8,12H,1,3-4,9H2,(H,19,20)(H,21,22). The number of aliphatic carboxylic acids is 1. The summed E-state index contributed by atoms with van der Waals surface area (Å²) in [7, 11) is 0. The van der Waals surface area contributed by atoms with Gasteiger partial charge in [0.05, 0.1) is 5.56 Å². The van der Waals surface area contributed by atoms with E-state index in [0.717, 1.165) is 12.1 Å². The highest BCUT2D eigenvalue weighted by Gasteiger charge is 2.30. The Morgan fingerprint density at radius 3 is 2.32 bits per heavy atom. The lowest BCUT2D eigenvalue weighted by molar-refractivity contribution is -0.141. The van der Waals surface area contributed by atoms with Crippen molar-refractivity contribution in [3.63, 3.8) is 0 Å². The molecule has 1 aromatic carbocycles. The molecule has 0 heterocycles. The van der Waals surface area contributed by atoms with Gasteiger partial charge in [-0.3, -0.25) is 4.79 Å². The summed E-state index contributed by atoms with van der Waals surface area (Å²) in [5.41, 5.74) is -0.414. The molecule has 0 aliphatic carbocycles. The molecule has 1 unspecified atom stereocenters. The Kier molecular flexibility index (Phi) is 6.15. The zero-order valence-electron chi connectivity index (χ0n) is 11.7. The van der Waals surface area contributed by atoms with Crippen LogP contribution in [-0.4, -0.2) is 23.0 Å². The van der Waals surface area contributed by atoms with Gasteiger partial charge in [-0.2, -0.15) is 13.2 Å². The van der Waals surface area contributed by atoms with Gasteiger partial charge < -0.3 is 10.4 Å². The molecule has 0 spiro atoms. The largest absolute Gasteiger partial charge is 0.480 e. The quantitative estimate of drug-likeness (QED) is 0.760. The first kappa shape index (κ1) is 17.7. The molecule has 22 heavy (non-hydrogen) atoms. The van der Waals surface area contributed by atoms with Crippen LogP contribution in [0.25, 0.3) is 0 Å². The fourth-order valence-electron chi connectivity index (χ4n) is 1.77. The first-order valence-electron chi connectivity index (χ1n) is 6.53. The summed E-state index contributed by atoms with van der Waals surface area (Å²) in [5.74, 6) is -1.69. The smallest absolute Gasteiger partial charge is 0.416 e. The van der Waals surface area contributed by atoms with Crippen LogP contribution in [-0.2, 0) is 22.2 Å². The summed E-state index contributed by atoms with van der Waals surface area (Å²) in [4.78, 5) is 22.6. The molecule has 1 rings (SSSR count). The average Bonchev–Trinajstić information content (AvgIpc) is 2.44. The second kappa shape index (κ2) is 7.63. The molecule has 7 heteroatoms. The third-order valence-electron chi connectivity index (χ3n) is 2.93. The average molecular weight is 315 g/mol. The molecule has 4 nitrogen and oxygen atoms in total. The minimum absolute atomic E-state index is 0.0900. The van der Waals surface area contributed by atoms with Gasteiger partial charge in [-0.1, -0.05) is 18.2 Å². The van der Waals surface area contributed by atoms with Crippen molar-refractivity contribution in [2.45, 2.75) is 31.5 Å². The Hall–Kier alpha value is -2.31. The summed E-state index contributed by atoms with van der Waals surface area (Å²) in [6.07, 6.45) is -2.47. The van der Waals surface area contributed by atoms with Crippen molar-refractivity contribution >= 4 is 11.9 Å². The minimum atomic E-state index is -4.44. The van der Waals surface area contributed by atoms with Crippen molar-refractivity contribution in [2.24, 2.45) is 0 Å². The zero-order chi connectivity index (χ0) is 16.8. The van der Waals surface area contributed by atoms with Crippen molar-refractivity contribution in [3.05, 3.63) is 48.0 Å². The molecule has 0 saturated carbocycles. The minimum Gasteiger partial charge on any atom is -0.480 e. The van der Waals surface area contributed by atoms with Gasteiger partial charge in [0.1, 0.15) is 6.04 Å². The molecule has 1 aromatic rings. The predicted octanol–water partition coefficient (Wildman–Crippen LogP) is 2.78. The number of carbonyl (C=O) groups is 2. The van der Waals surface area contributed by atoms with E-state index in [0.29, 0.717) is 12.0 Å². The summed E-state index contributed by atoms with van der Waals surface area (Å²) in [5, 5.41) is 11.4. The molecule has 120 valence electrons. The topological polar surface area (TPSA) is 66.4 Å². The molecule has 1 atom stereocenters. The van der Waals surface area contributed by atoms with Crippen molar-refractivity contribution in [1.29, 1.82) is 0 Å². The first-order chi connectivity index (χ1) is 10.2. The Morgan fingerprint density at radius 1 is 1.27 bits per heavy atom. The van der Waals surface area contributed by atoms with E-state index in [1.807, 2.05) is 0 Å². The van der Waals surface area contributed by atoms with Crippen LogP contribution in [0.4, 0.5) is 13.2 Å². The van der Waals surface area contributed by atoms with Crippen LogP contribution in [0.3, 0.4) is 0 Å². The Bertz CT molecular complexity index is 538. The van der Waals surface area contributed by atoms with Crippen LogP contribution in [0, 0.1) is 0 Å². The van der Waals surface area contributed by atoms with Gasteiger partial charge >= 0.3 is 12.1 Å². The van der Waals surface area contributed by atoms with Gasteiger partial charge in [0, 0.05) is 12.8 Å². The summed E-state index contributed by atoms with van der Waals surface area (Å²) >= 11 is 0. The van der Waals surface area contributed by atoms with E-state index >= 15 is 0 Å². The third-order valence-corrected chi connectivity index (χ3v) is 2.93. The zero-order valence-corrected chi connectivity index (χ0v) is 11.7. The lowest BCUT2D eigenvalue weighted by atomic mass is 10.0.